The van der Waals surface area contributed by atoms with E-state index >= 15 is 0 Å². The molecule has 4 nitrogen and oxygen atoms in total. The Morgan fingerprint density at radius 2 is 1.85 bits per heavy atom. The van der Waals surface area contributed by atoms with E-state index in [1.165, 1.54) is 4.90 Å². The number of aliphatic hydroxyl groups excluding tert-OH is 1. The summed E-state index contributed by atoms with van der Waals surface area (Å²) in [6.45, 7) is -0.477. The largest absolute Gasteiger partial charge is 0.428 e. The van der Waals surface area contributed by atoms with Crippen LogP contribution >= 0.6 is 70.2 Å². The summed E-state index contributed by atoms with van der Waals surface area (Å²) < 4.78 is 3.48. The maximum atomic E-state index is 9.25. The Bertz CT molecular complexity index is 533. The van der Waals surface area contributed by atoms with E-state index in [2.05, 4.69) is 4.98 Å². The zero-order valence-corrected chi connectivity index (χ0v) is 14.9. The molecule has 0 fully saturated rings. The Balaban J connectivity index is 3.45. The van der Waals surface area contributed by atoms with Gasteiger partial charge in [0.25, 0.3) is 5.17 Å². The van der Waals surface area contributed by atoms with Crippen LogP contribution in [-0.2, 0) is 10.4 Å². The number of nitrogens with zero attached hydrogens (tertiary/aromatic N) is 2. The minimum Gasteiger partial charge on any atom is -0.428 e. The van der Waals surface area contributed by atoms with Gasteiger partial charge in [-0.05, 0) is 12.2 Å². The lowest BCUT2D eigenvalue weighted by Crippen LogP contribution is -2.25. The number of aromatic nitrogens is 1. The third kappa shape index (κ3) is 4.13. The van der Waals surface area contributed by atoms with Crippen molar-refractivity contribution >= 4 is 75.4 Å². The fourth-order valence-electron chi connectivity index (χ4n) is 1.13. The third-order valence-corrected chi connectivity index (χ3v) is 3.81. The fraction of sp³-hybridized carbons (Fsp3) is 0.400. The van der Waals surface area contributed by atoms with Gasteiger partial charge in [0.05, 0.1) is 12.3 Å². The SMILES string of the molecule is CN(C)C(=S)Oc1c(Cl)c(CO)nc(C(Cl)(Cl)Cl)c1Cl. The van der Waals surface area contributed by atoms with Gasteiger partial charge >= 0.3 is 0 Å². The van der Waals surface area contributed by atoms with Crippen molar-refractivity contribution in [3.05, 3.63) is 21.4 Å². The topological polar surface area (TPSA) is 45.6 Å². The van der Waals surface area contributed by atoms with Crippen LogP contribution in [-0.4, -0.2) is 34.3 Å². The number of thiocarbonyl (C=S) groups is 1. The molecule has 0 aliphatic carbocycles. The number of aliphatic hydroxyl groups is 1. The van der Waals surface area contributed by atoms with Crippen LogP contribution in [0.1, 0.15) is 11.4 Å². The summed E-state index contributed by atoms with van der Waals surface area (Å²) in [5, 5.41) is 9.26. The molecule has 0 bridgehead atoms. The third-order valence-electron chi connectivity index (χ3n) is 2.08. The number of rotatable bonds is 2. The maximum absolute atomic E-state index is 9.25. The van der Waals surface area contributed by atoms with Crippen LogP contribution in [0.5, 0.6) is 5.75 Å². The number of ether oxygens (including phenoxy) is 1. The highest BCUT2D eigenvalue weighted by Gasteiger charge is 2.32. The molecule has 0 atom stereocenters. The second-order valence-corrected chi connectivity index (χ2v) is 7.17. The van der Waals surface area contributed by atoms with Gasteiger partial charge < -0.3 is 14.7 Å². The summed E-state index contributed by atoms with van der Waals surface area (Å²) in [5.41, 5.74) is -0.0388. The van der Waals surface area contributed by atoms with Crippen molar-refractivity contribution in [2.45, 2.75) is 10.4 Å². The number of halogens is 5. The first-order chi connectivity index (χ1) is 9.09. The first-order valence-electron chi connectivity index (χ1n) is 5.04. The second kappa shape index (κ2) is 7.01. The Morgan fingerprint density at radius 1 is 1.30 bits per heavy atom. The molecule has 1 aromatic heterocycles. The summed E-state index contributed by atoms with van der Waals surface area (Å²) in [7, 11) is 3.35. The average Bonchev–Trinajstić information content (AvgIpc) is 2.32. The van der Waals surface area contributed by atoms with Gasteiger partial charge in [-0.15, -0.1) is 0 Å². The molecule has 1 aromatic rings. The van der Waals surface area contributed by atoms with Crippen LogP contribution in [0.15, 0.2) is 0 Å². The van der Waals surface area contributed by atoms with E-state index in [1.807, 2.05) is 0 Å². The highest BCUT2D eigenvalue weighted by molar-refractivity contribution is 7.80. The van der Waals surface area contributed by atoms with Crippen LogP contribution in [0.2, 0.25) is 10.0 Å². The summed E-state index contributed by atoms with van der Waals surface area (Å²) in [6, 6.07) is 0. The smallest absolute Gasteiger partial charge is 0.264 e. The summed E-state index contributed by atoms with van der Waals surface area (Å²) in [4.78, 5) is 5.45. The molecule has 0 saturated heterocycles. The summed E-state index contributed by atoms with van der Waals surface area (Å²) >= 11 is 34.5. The van der Waals surface area contributed by atoms with Gasteiger partial charge in [0.15, 0.2) is 5.75 Å². The molecule has 0 aliphatic rings. The minimum absolute atomic E-state index is 0.000278. The molecule has 0 saturated carbocycles. The highest BCUT2D eigenvalue weighted by Crippen LogP contribution is 2.46. The van der Waals surface area contributed by atoms with Crippen molar-refractivity contribution in [1.82, 2.24) is 9.88 Å². The van der Waals surface area contributed by atoms with Crippen LogP contribution in [0.25, 0.3) is 0 Å². The lowest BCUT2D eigenvalue weighted by Gasteiger charge is -2.20. The molecule has 10 heteroatoms. The molecular weight excluding hydrogens is 389 g/mol. The zero-order valence-electron chi connectivity index (χ0n) is 10.3. The van der Waals surface area contributed by atoms with Crippen molar-refractivity contribution in [1.29, 1.82) is 0 Å². The lowest BCUT2D eigenvalue weighted by molar-refractivity contribution is 0.276. The number of alkyl halides is 3. The molecule has 0 spiro atoms. The van der Waals surface area contributed by atoms with Gasteiger partial charge in [0, 0.05) is 14.1 Å². The van der Waals surface area contributed by atoms with E-state index in [4.69, 9.17) is 75.0 Å². The maximum Gasteiger partial charge on any atom is 0.264 e. The first-order valence-corrected chi connectivity index (χ1v) is 7.34. The van der Waals surface area contributed by atoms with E-state index < -0.39 is 10.4 Å². The molecular formula is C10H9Cl5N2O2S. The molecule has 112 valence electrons. The molecule has 0 aromatic carbocycles. The van der Waals surface area contributed by atoms with Crippen LogP contribution in [0.3, 0.4) is 0 Å². The molecule has 1 rings (SSSR count). The number of pyridine rings is 1. The summed E-state index contributed by atoms with van der Waals surface area (Å²) in [5.74, 6) is -0.0209. The fourth-order valence-corrected chi connectivity index (χ4v) is 2.37. The minimum atomic E-state index is -1.90. The van der Waals surface area contributed by atoms with Gasteiger partial charge in [-0.3, -0.25) is 0 Å². The van der Waals surface area contributed by atoms with Gasteiger partial charge in [-0.2, -0.15) is 0 Å². The predicted octanol–water partition coefficient (Wildman–Crippen LogP) is 3.93. The Hall–Kier alpha value is 0.250. The van der Waals surface area contributed by atoms with Gasteiger partial charge in [0.2, 0.25) is 3.79 Å². The van der Waals surface area contributed by atoms with Crippen molar-refractivity contribution in [2.75, 3.05) is 14.1 Å². The van der Waals surface area contributed by atoms with Crippen molar-refractivity contribution in [2.24, 2.45) is 0 Å². The van der Waals surface area contributed by atoms with E-state index in [9.17, 15) is 5.11 Å². The van der Waals surface area contributed by atoms with Crippen molar-refractivity contribution in [3.63, 3.8) is 0 Å². The van der Waals surface area contributed by atoms with Crippen LogP contribution in [0.4, 0.5) is 0 Å². The monoisotopic (exact) mass is 396 g/mol. The van der Waals surface area contributed by atoms with Crippen molar-refractivity contribution in [3.8, 4) is 5.75 Å². The quantitative estimate of drug-likeness (QED) is 0.604. The van der Waals surface area contributed by atoms with Crippen LogP contribution in [0, 0.1) is 0 Å². The van der Waals surface area contributed by atoms with Crippen LogP contribution < -0.4 is 4.74 Å². The van der Waals surface area contributed by atoms with Gasteiger partial charge in [-0.25, -0.2) is 4.98 Å². The zero-order chi connectivity index (χ0) is 15.7. The molecule has 0 amide bonds. The number of hydrogen-bond donors (Lipinski definition) is 1. The normalized spacial score (nSPS) is 11.4. The molecule has 20 heavy (non-hydrogen) atoms. The first kappa shape index (κ1) is 18.3. The van der Waals surface area contributed by atoms with Crippen molar-refractivity contribution < 1.29 is 9.84 Å². The van der Waals surface area contributed by atoms with E-state index in [0.29, 0.717) is 0 Å². The Labute approximate surface area is 146 Å². The molecule has 1 heterocycles. The Morgan fingerprint density at radius 3 is 2.25 bits per heavy atom. The van der Waals surface area contributed by atoms with E-state index in [1.54, 1.807) is 14.1 Å². The van der Waals surface area contributed by atoms with Gasteiger partial charge in [-0.1, -0.05) is 58.0 Å². The summed E-state index contributed by atoms with van der Waals surface area (Å²) in [6.07, 6.45) is 0. The predicted molar refractivity (Wildman–Crippen MR) is 86.3 cm³/mol. The molecule has 1 N–H and O–H groups in total. The highest BCUT2D eigenvalue weighted by atomic mass is 35.6. The lowest BCUT2D eigenvalue weighted by atomic mass is 10.3. The molecule has 0 radical (unpaired) electrons. The van der Waals surface area contributed by atoms with Gasteiger partial charge in [0.1, 0.15) is 15.7 Å². The average molecular weight is 399 g/mol. The number of hydrogen-bond acceptors (Lipinski definition) is 4. The van der Waals surface area contributed by atoms with E-state index in [-0.39, 0.29) is 32.4 Å². The second-order valence-electron chi connectivity index (χ2n) is 3.78. The Kier molecular flexibility index (Phi) is 6.41. The van der Waals surface area contributed by atoms with E-state index in [0.717, 1.165) is 0 Å². The molecule has 0 aliphatic heterocycles. The molecule has 0 unspecified atom stereocenters. The standard InChI is InChI=1S/C10H9Cl5N2O2S/c1-17(2)9(20)19-7-5(11)4(3-18)16-8(6(7)12)10(13,14)15/h18H,3H2,1-2H3.